The van der Waals surface area contributed by atoms with Crippen LogP contribution in [0.2, 0.25) is 0 Å². The molecule has 0 unspecified atom stereocenters. The van der Waals surface area contributed by atoms with Gasteiger partial charge in [-0.05, 0) is 42.7 Å². The Hall–Kier alpha value is -2.34. The van der Waals surface area contributed by atoms with E-state index in [1.165, 1.54) is 24.7 Å². The van der Waals surface area contributed by atoms with Crippen LogP contribution in [0.15, 0.2) is 46.3 Å². The molecule has 0 amide bonds. The molecule has 1 heterocycles. The summed E-state index contributed by atoms with van der Waals surface area (Å²) in [6, 6.07) is 11.3. The summed E-state index contributed by atoms with van der Waals surface area (Å²) in [7, 11) is 0.0643. The van der Waals surface area contributed by atoms with Crippen molar-refractivity contribution in [3.63, 3.8) is 0 Å². The number of benzene rings is 2. The molecule has 148 valence electrons. The number of sulfone groups is 1. The van der Waals surface area contributed by atoms with Gasteiger partial charge in [-0.3, -0.25) is 4.99 Å². The second kappa shape index (κ2) is 7.24. The van der Waals surface area contributed by atoms with Crippen LogP contribution in [0.4, 0.5) is 0 Å². The number of aliphatic imine (C=N–C) groups is 1. The van der Waals surface area contributed by atoms with Gasteiger partial charge in [0.05, 0.1) is 30.9 Å². The van der Waals surface area contributed by atoms with Gasteiger partial charge >= 0.3 is 0 Å². The minimum Gasteiger partial charge on any atom is -0.493 e. The molecule has 6 heteroatoms. The topological polar surface area (TPSA) is 65.0 Å². The highest BCUT2D eigenvalue weighted by molar-refractivity contribution is 7.90. The number of ether oxygens (including phenoxy) is 2. The molecule has 28 heavy (non-hydrogen) atoms. The van der Waals surface area contributed by atoms with E-state index in [9.17, 15) is 8.42 Å². The molecule has 2 aromatic carbocycles. The van der Waals surface area contributed by atoms with Gasteiger partial charge in [0.15, 0.2) is 21.3 Å². The maximum absolute atomic E-state index is 11.8. The van der Waals surface area contributed by atoms with E-state index in [4.69, 9.17) is 14.5 Å². The summed E-state index contributed by atoms with van der Waals surface area (Å²) in [6.45, 7) is 0. The minimum absolute atomic E-state index is 0.254. The SMILES string of the molecule is COc1cc2c(cc1OC)[C@H]1CCCC[C@H]1N=C2c1ccc(S(C)(=O)=O)cc1. The summed E-state index contributed by atoms with van der Waals surface area (Å²) in [5.74, 6) is 1.80. The van der Waals surface area contributed by atoms with Crippen molar-refractivity contribution in [2.45, 2.75) is 42.5 Å². The first kappa shape index (κ1) is 19.0. The fraction of sp³-hybridized carbons (Fsp3) is 0.409. The fourth-order valence-corrected chi connectivity index (χ4v) is 4.99. The molecule has 1 saturated carbocycles. The molecule has 1 fully saturated rings. The van der Waals surface area contributed by atoms with Crippen molar-refractivity contribution in [2.75, 3.05) is 20.5 Å². The molecule has 2 aliphatic rings. The Bertz CT molecular complexity index is 1030. The molecule has 1 aliphatic heterocycles. The Morgan fingerprint density at radius 2 is 1.61 bits per heavy atom. The van der Waals surface area contributed by atoms with Crippen LogP contribution in [0.25, 0.3) is 0 Å². The third kappa shape index (κ3) is 3.30. The van der Waals surface area contributed by atoms with E-state index in [0.29, 0.717) is 16.6 Å². The van der Waals surface area contributed by atoms with Gasteiger partial charge in [0.1, 0.15) is 0 Å². The van der Waals surface area contributed by atoms with Gasteiger partial charge in [-0.1, -0.05) is 25.0 Å². The van der Waals surface area contributed by atoms with Crippen molar-refractivity contribution in [2.24, 2.45) is 4.99 Å². The normalized spacial score (nSPS) is 21.3. The summed E-state index contributed by atoms with van der Waals surface area (Å²) < 4.78 is 34.7. The van der Waals surface area contributed by atoms with Crippen LogP contribution in [0.5, 0.6) is 11.5 Å². The number of hydrogen-bond acceptors (Lipinski definition) is 5. The highest BCUT2D eigenvalue weighted by atomic mass is 32.2. The van der Waals surface area contributed by atoms with Crippen LogP contribution >= 0.6 is 0 Å². The highest BCUT2D eigenvalue weighted by Gasteiger charge is 2.34. The van der Waals surface area contributed by atoms with Crippen molar-refractivity contribution >= 4 is 15.5 Å². The molecule has 2 aromatic rings. The van der Waals surface area contributed by atoms with E-state index < -0.39 is 9.84 Å². The van der Waals surface area contributed by atoms with Gasteiger partial charge in [0.25, 0.3) is 0 Å². The Kier molecular flexibility index (Phi) is 4.91. The second-order valence-electron chi connectivity index (χ2n) is 7.53. The predicted octanol–water partition coefficient (Wildman–Crippen LogP) is 3.98. The van der Waals surface area contributed by atoms with E-state index in [0.717, 1.165) is 35.4 Å². The lowest BCUT2D eigenvalue weighted by Crippen LogP contribution is -2.29. The summed E-state index contributed by atoms with van der Waals surface area (Å²) in [4.78, 5) is 5.42. The predicted molar refractivity (Wildman–Crippen MR) is 110 cm³/mol. The van der Waals surface area contributed by atoms with Crippen LogP contribution in [0, 0.1) is 0 Å². The smallest absolute Gasteiger partial charge is 0.175 e. The molecule has 0 bridgehead atoms. The van der Waals surface area contributed by atoms with Crippen molar-refractivity contribution in [1.82, 2.24) is 0 Å². The molecular weight excluding hydrogens is 374 g/mol. The maximum Gasteiger partial charge on any atom is 0.175 e. The molecule has 0 spiro atoms. The van der Waals surface area contributed by atoms with Crippen LogP contribution in [0.3, 0.4) is 0 Å². The number of fused-ring (bicyclic) bond motifs is 3. The van der Waals surface area contributed by atoms with Gasteiger partial charge in [-0.25, -0.2) is 8.42 Å². The minimum atomic E-state index is -3.23. The zero-order chi connectivity index (χ0) is 19.9. The summed E-state index contributed by atoms with van der Waals surface area (Å²) in [5.41, 5.74) is 4.12. The Balaban J connectivity index is 1.86. The molecule has 0 saturated heterocycles. The summed E-state index contributed by atoms with van der Waals surface area (Å²) in [5, 5.41) is 0. The van der Waals surface area contributed by atoms with Crippen molar-refractivity contribution in [1.29, 1.82) is 0 Å². The lowest BCUT2D eigenvalue weighted by atomic mass is 9.75. The first-order chi connectivity index (χ1) is 13.4. The molecule has 2 atom stereocenters. The van der Waals surface area contributed by atoms with Crippen LogP contribution in [-0.2, 0) is 9.84 Å². The van der Waals surface area contributed by atoms with Crippen molar-refractivity contribution < 1.29 is 17.9 Å². The van der Waals surface area contributed by atoms with Gasteiger partial charge in [-0.2, -0.15) is 0 Å². The lowest BCUT2D eigenvalue weighted by molar-refractivity contribution is 0.349. The largest absolute Gasteiger partial charge is 0.493 e. The van der Waals surface area contributed by atoms with Crippen LogP contribution in [0.1, 0.15) is 48.3 Å². The first-order valence-electron chi connectivity index (χ1n) is 9.57. The van der Waals surface area contributed by atoms with Gasteiger partial charge < -0.3 is 9.47 Å². The Morgan fingerprint density at radius 1 is 0.964 bits per heavy atom. The van der Waals surface area contributed by atoms with E-state index in [-0.39, 0.29) is 6.04 Å². The standard InChI is InChI=1S/C22H25NO4S/c1-26-20-12-17-16-6-4-5-7-19(16)23-22(18(17)13-21(20)27-2)14-8-10-15(11-9-14)28(3,24)25/h8-13,16,19H,4-7H2,1-3H3/t16-,19-/m1/s1. The van der Waals surface area contributed by atoms with Gasteiger partial charge in [0, 0.05) is 23.3 Å². The molecule has 0 N–H and O–H groups in total. The maximum atomic E-state index is 11.8. The Labute approximate surface area is 166 Å². The second-order valence-corrected chi connectivity index (χ2v) is 9.54. The number of rotatable bonds is 4. The van der Waals surface area contributed by atoms with Crippen LogP contribution in [-0.4, -0.2) is 40.6 Å². The molecular formula is C22H25NO4S. The third-order valence-electron chi connectivity index (χ3n) is 5.79. The molecule has 4 rings (SSSR count). The molecule has 0 radical (unpaired) electrons. The van der Waals surface area contributed by atoms with Gasteiger partial charge in [-0.15, -0.1) is 0 Å². The average molecular weight is 400 g/mol. The third-order valence-corrected chi connectivity index (χ3v) is 6.92. The quantitative estimate of drug-likeness (QED) is 0.780. The van der Waals surface area contributed by atoms with E-state index >= 15 is 0 Å². The summed E-state index contributed by atoms with van der Waals surface area (Å²) >= 11 is 0. The van der Waals surface area contributed by atoms with Crippen LogP contribution < -0.4 is 9.47 Å². The monoisotopic (exact) mass is 399 g/mol. The number of methoxy groups -OCH3 is 2. The number of hydrogen-bond donors (Lipinski definition) is 0. The zero-order valence-electron chi connectivity index (χ0n) is 16.4. The molecule has 1 aliphatic carbocycles. The van der Waals surface area contributed by atoms with Crippen molar-refractivity contribution in [3.8, 4) is 11.5 Å². The Morgan fingerprint density at radius 3 is 2.25 bits per heavy atom. The number of nitrogens with zero attached hydrogens (tertiary/aromatic N) is 1. The van der Waals surface area contributed by atoms with E-state index in [1.807, 2.05) is 18.2 Å². The molecule has 0 aromatic heterocycles. The zero-order valence-corrected chi connectivity index (χ0v) is 17.3. The van der Waals surface area contributed by atoms with Gasteiger partial charge in [0.2, 0.25) is 0 Å². The lowest BCUT2D eigenvalue weighted by Gasteiger charge is -2.35. The first-order valence-corrected chi connectivity index (χ1v) is 11.5. The fourth-order valence-electron chi connectivity index (χ4n) is 4.36. The summed E-state index contributed by atoms with van der Waals surface area (Å²) in [6.07, 6.45) is 5.82. The average Bonchev–Trinajstić information content (AvgIpc) is 2.71. The van der Waals surface area contributed by atoms with Crippen molar-refractivity contribution in [3.05, 3.63) is 53.1 Å². The molecule has 5 nitrogen and oxygen atoms in total. The van der Waals surface area contributed by atoms with E-state index in [2.05, 4.69) is 6.07 Å². The van der Waals surface area contributed by atoms with E-state index in [1.54, 1.807) is 26.4 Å². The highest BCUT2D eigenvalue weighted by Crippen LogP contribution is 2.44.